The predicted molar refractivity (Wildman–Crippen MR) is 78.7 cm³/mol. The van der Waals surface area contributed by atoms with Gasteiger partial charge in [-0.25, -0.2) is 0 Å². The van der Waals surface area contributed by atoms with Crippen molar-refractivity contribution in [1.29, 1.82) is 0 Å². The predicted octanol–water partition coefficient (Wildman–Crippen LogP) is 3.98. The van der Waals surface area contributed by atoms with E-state index in [4.69, 9.17) is 0 Å². The number of anilines is 1. The fourth-order valence-corrected chi connectivity index (χ4v) is 2.27. The Labute approximate surface area is 116 Å². The van der Waals surface area contributed by atoms with Gasteiger partial charge in [-0.2, -0.15) is 5.10 Å². The Balaban J connectivity index is 2.07. The molecule has 2 aromatic rings. The van der Waals surface area contributed by atoms with E-state index in [-0.39, 0.29) is 0 Å². The maximum absolute atomic E-state index is 4.33. The van der Waals surface area contributed by atoms with Gasteiger partial charge in [0.1, 0.15) is 0 Å². The molecule has 18 heavy (non-hydrogen) atoms. The molecule has 0 amide bonds. The van der Waals surface area contributed by atoms with Gasteiger partial charge in [0.15, 0.2) is 0 Å². The lowest BCUT2D eigenvalue weighted by Crippen LogP contribution is -2.09. The summed E-state index contributed by atoms with van der Waals surface area (Å²) in [5, 5.41) is 7.79. The number of aromatic nitrogens is 2. The number of nitrogens with one attached hydrogen (secondary N) is 1. The molecule has 0 aliphatic heterocycles. The molecule has 0 radical (unpaired) electrons. The molecule has 0 fully saturated rings. The molecule has 1 heterocycles. The molecule has 4 heteroatoms. The van der Waals surface area contributed by atoms with E-state index in [2.05, 4.69) is 63.1 Å². The van der Waals surface area contributed by atoms with Crippen LogP contribution < -0.4 is 5.32 Å². The van der Waals surface area contributed by atoms with Crippen LogP contribution in [0.25, 0.3) is 0 Å². The third kappa shape index (κ3) is 2.93. The van der Waals surface area contributed by atoms with Crippen molar-refractivity contribution in [1.82, 2.24) is 9.78 Å². The van der Waals surface area contributed by atoms with Crippen molar-refractivity contribution in [3.8, 4) is 0 Å². The zero-order valence-corrected chi connectivity index (χ0v) is 12.4. The second-order valence-electron chi connectivity index (χ2n) is 4.31. The molecule has 1 N–H and O–H groups in total. The number of benzene rings is 1. The molecule has 0 spiro atoms. The highest BCUT2D eigenvalue weighted by Gasteiger charge is 2.04. The van der Waals surface area contributed by atoms with E-state index in [9.17, 15) is 0 Å². The van der Waals surface area contributed by atoms with Gasteiger partial charge in [-0.3, -0.25) is 4.68 Å². The Morgan fingerprint density at radius 1 is 1.33 bits per heavy atom. The van der Waals surface area contributed by atoms with Gasteiger partial charge in [-0.15, -0.1) is 0 Å². The number of aryl methyl sites for hydroxylation is 1. The van der Waals surface area contributed by atoms with Crippen molar-refractivity contribution in [3.05, 3.63) is 46.2 Å². The Morgan fingerprint density at radius 2 is 2.17 bits per heavy atom. The van der Waals surface area contributed by atoms with Crippen LogP contribution in [0.15, 0.2) is 34.9 Å². The lowest BCUT2D eigenvalue weighted by Gasteiger charge is -2.12. The van der Waals surface area contributed by atoms with Gasteiger partial charge >= 0.3 is 0 Å². The van der Waals surface area contributed by atoms with Crippen LogP contribution in [-0.2, 0) is 13.1 Å². The van der Waals surface area contributed by atoms with E-state index in [1.54, 1.807) is 0 Å². The minimum Gasteiger partial charge on any atom is -0.379 e. The second-order valence-corrected chi connectivity index (χ2v) is 5.17. The Morgan fingerprint density at radius 3 is 2.94 bits per heavy atom. The van der Waals surface area contributed by atoms with Crippen LogP contribution in [0.4, 0.5) is 5.69 Å². The van der Waals surface area contributed by atoms with Gasteiger partial charge in [0.2, 0.25) is 0 Å². The average molecular weight is 308 g/mol. The summed E-state index contributed by atoms with van der Waals surface area (Å²) in [5.41, 5.74) is 3.61. The van der Waals surface area contributed by atoms with Crippen molar-refractivity contribution >= 4 is 21.6 Å². The van der Waals surface area contributed by atoms with Crippen molar-refractivity contribution in [2.45, 2.75) is 33.4 Å². The first-order valence-corrected chi connectivity index (χ1v) is 7.01. The zero-order chi connectivity index (χ0) is 13.0. The van der Waals surface area contributed by atoms with E-state index >= 15 is 0 Å². The van der Waals surface area contributed by atoms with Gasteiger partial charge in [0.05, 0.1) is 12.2 Å². The Hall–Kier alpha value is -1.29. The van der Waals surface area contributed by atoms with E-state index < -0.39 is 0 Å². The van der Waals surface area contributed by atoms with Crippen LogP contribution in [0.2, 0.25) is 0 Å². The fourth-order valence-electron chi connectivity index (χ4n) is 1.91. The first-order valence-electron chi connectivity index (χ1n) is 6.22. The second kappa shape index (κ2) is 6.05. The summed E-state index contributed by atoms with van der Waals surface area (Å²) in [6, 6.07) is 8.27. The zero-order valence-electron chi connectivity index (χ0n) is 10.8. The lowest BCUT2D eigenvalue weighted by molar-refractivity contribution is 0.578. The third-order valence-corrected chi connectivity index (χ3v) is 3.83. The molecule has 0 atom stereocenters. The quantitative estimate of drug-likeness (QED) is 0.905. The van der Waals surface area contributed by atoms with E-state index in [0.717, 1.165) is 29.7 Å². The Kier molecular flexibility index (Phi) is 4.42. The smallest absolute Gasteiger partial charge is 0.0575 e. The van der Waals surface area contributed by atoms with Gasteiger partial charge in [0.25, 0.3) is 0 Å². The molecular weight excluding hydrogens is 290 g/mol. The molecular formula is C14H18BrN3. The highest BCUT2D eigenvalue weighted by atomic mass is 79.9. The largest absolute Gasteiger partial charge is 0.379 e. The van der Waals surface area contributed by atoms with Crippen molar-refractivity contribution in [2.75, 3.05) is 5.32 Å². The monoisotopic (exact) mass is 307 g/mol. The van der Waals surface area contributed by atoms with Crippen LogP contribution >= 0.6 is 15.9 Å². The molecule has 2 rings (SSSR count). The molecule has 1 aromatic heterocycles. The Bertz CT molecular complexity index is 520. The van der Waals surface area contributed by atoms with Gasteiger partial charge in [-0.1, -0.05) is 28.9 Å². The van der Waals surface area contributed by atoms with Crippen LogP contribution in [0.1, 0.15) is 24.6 Å². The molecule has 0 aliphatic rings. The fraction of sp³-hybridized carbons (Fsp3) is 0.357. The molecule has 0 saturated carbocycles. The molecule has 0 bridgehead atoms. The highest BCUT2D eigenvalue weighted by Crippen LogP contribution is 2.23. The van der Waals surface area contributed by atoms with E-state index in [1.807, 2.05) is 12.3 Å². The highest BCUT2D eigenvalue weighted by molar-refractivity contribution is 9.10. The summed E-state index contributed by atoms with van der Waals surface area (Å²) in [4.78, 5) is 0. The van der Waals surface area contributed by atoms with Crippen LogP contribution in [0.5, 0.6) is 0 Å². The summed E-state index contributed by atoms with van der Waals surface area (Å²) in [6.45, 7) is 6.05. The number of rotatable bonds is 5. The van der Waals surface area contributed by atoms with Crippen LogP contribution in [-0.4, -0.2) is 9.78 Å². The minimum atomic E-state index is 0.803. The maximum Gasteiger partial charge on any atom is 0.0575 e. The maximum atomic E-state index is 4.33. The van der Waals surface area contributed by atoms with Crippen molar-refractivity contribution in [3.63, 3.8) is 0 Å². The SMILES string of the molecule is CCCn1nccc1CNc1cccc(Br)c1C. The first-order chi connectivity index (χ1) is 8.72. The molecule has 96 valence electrons. The van der Waals surface area contributed by atoms with Gasteiger partial charge < -0.3 is 5.32 Å². The van der Waals surface area contributed by atoms with E-state index in [1.165, 1.54) is 11.3 Å². The first kappa shape index (κ1) is 13.1. The average Bonchev–Trinajstić information content (AvgIpc) is 2.79. The summed E-state index contributed by atoms with van der Waals surface area (Å²) in [7, 11) is 0. The normalized spacial score (nSPS) is 10.6. The van der Waals surface area contributed by atoms with Gasteiger partial charge in [-0.05, 0) is 37.1 Å². The summed E-state index contributed by atoms with van der Waals surface area (Å²) >= 11 is 3.55. The number of hydrogen-bond acceptors (Lipinski definition) is 2. The molecule has 3 nitrogen and oxygen atoms in total. The van der Waals surface area contributed by atoms with Crippen molar-refractivity contribution in [2.24, 2.45) is 0 Å². The van der Waals surface area contributed by atoms with Crippen LogP contribution in [0, 0.1) is 6.92 Å². The lowest BCUT2D eigenvalue weighted by atomic mass is 10.2. The topological polar surface area (TPSA) is 29.9 Å². The summed E-state index contributed by atoms with van der Waals surface area (Å²) in [5.74, 6) is 0. The standard InChI is InChI=1S/C14H18BrN3/c1-3-9-18-12(7-8-17-18)10-16-14-6-4-5-13(15)11(14)2/h4-8,16H,3,9-10H2,1-2H3. The molecule has 0 saturated heterocycles. The number of hydrogen-bond donors (Lipinski definition) is 1. The van der Waals surface area contributed by atoms with Crippen molar-refractivity contribution < 1.29 is 0 Å². The van der Waals surface area contributed by atoms with E-state index in [0.29, 0.717) is 0 Å². The third-order valence-electron chi connectivity index (χ3n) is 2.97. The number of nitrogens with zero attached hydrogens (tertiary/aromatic N) is 2. The minimum absolute atomic E-state index is 0.803. The molecule has 0 aliphatic carbocycles. The molecule has 0 unspecified atom stereocenters. The van der Waals surface area contributed by atoms with Gasteiger partial charge in [0, 0.05) is 22.9 Å². The van der Waals surface area contributed by atoms with Crippen LogP contribution in [0.3, 0.4) is 0 Å². The summed E-state index contributed by atoms with van der Waals surface area (Å²) in [6.07, 6.45) is 2.96. The summed E-state index contributed by atoms with van der Waals surface area (Å²) < 4.78 is 3.19. The molecule has 1 aromatic carbocycles. The number of halogens is 1.